The van der Waals surface area contributed by atoms with Gasteiger partial charge in [0, 0.05) is 6.42 Å². The molecule has 0 aromatic heterocycles. The summed E-state index contributed by atoms with van der Waals surface area (Å²) in [5.41, 5.74) is 0. The lowest BCUT2D eigenvalue weighted by atomic mass is 10.2. The number of nitrogens with zero attached hydrogens (tertiary/aromatic N) is 1. The molecule has 0 spiro atoms. The normalized spacial score (nSPS) is 10.0. The second-order valence-electron chi connectivity index (χ2n) is 3.06. The van der Waals surface area contributed by atoms with Crippen molar-refractivity contribution in [3.8, 4) is 6.07 Å². The zero-order valence-corrected chi connectivity index (χ0v) is 8.28. The third kappa shape index (κ3) is 9.84. The summed E-state index contributed by atoms with van der Waals surface area (Å²) in [6, 6.07) is 2.15. The first-order valence-corrected chi connectivity index (χ1v) is 5.37. The molecule has 64 valence electrons. The van der Waals surface area contributed by atoms with Gasteiger partial charge in [-0.3, -0.25) is 0 Å². The molecule has 0 aliphatic heterocycles. The minimum absolute atomic E-state index is 0.717. The molecule has 11 heavy (non-hydrogen) atoms. The highest BCUT2D eigenvalue weighted by atomic mass is 32.2. The highest BCUT2D eigenvalue weighted by Gasteiger charge is 1.93. The molecule has 0 atom stereocenters. The van der Waals surface area contributed by atoms with Crippen LogP contribution in [-0.2, 0) is 0 Å². The van der Waals surface area contributed by atoms with Crippen molar-refractivity contribution in [3.05, 3.63) is 0 Å². The van der Waals surface area contributed by atoms with Crippen LogP contribution in [0.4, 0.5) is 0 Å². The summed E-state index contributed by atoms with van der Waals surface area (Å²) in [6.07, 6.45) is 3.07. The second kappa shape index (κ2) is 7.94. The smallest absolute Gasteiger partial charge is 0.0622 e. The first-order valence-electron chi connectivity index (χ1n) is 4.22. The number of nitriles is 1. The molecule has 0 amide bonds. The van der Waals surface area contributed by atoms with Crippen LogP contribution < -0.4 is 0 Å². The van der Waals surface area contributed by atoms with Gasteiger partial charge in [0.05, 0.1) is 6.07 Å². The van der Waals surface area contributed by atoms with Gasteiger partial charge < -0.3 is 0 Å². The van der Waals surface area contributed by atoms with E-state index in [1.54, 1.807) is 0 Å². The van der Waals surface area contributed by atoms with E-state index >= 15 is 0 Å². The Morgan fingerprint density at radius 3 is 2.64 bits per heavy atom. The van der Waals surface area contributed by atoms with Crippen LogP contribution in [0, 0.1) is 17.2 Å². The lowest BCUT2D eigenvalue weighted by molar-refractivity contribution is 0.632. The third-order valence-corrected chi connectivity index (χ3v) is 2.52. The van der Waals surface area contributed by atoms with Crippen molar-refractivity contribution in [2.45, 2.75) is 33.1 Å². The molecule has 0 bridgehead atoms. The second-order valence-corrected chi connectivity index (χ2v) is 4.28. The number of hydrogen-bond acceptors (Lipinski definition) is 2. The fourth-order valence-corrected chi connectivity index (χ4v) is 1.87. The van der Waals surface area contributed by atoms with Gasteiger partial charge in [0.25, 0.3) is 0 Å². The zero-order valence-electron chi connectivity index (χ0n) is 7.47. The molecular weight excluding hydrogens is 154 g/mol. The van der Waals surface area contributed by atoms with Crippen molar-refractivity contribution < 1.29 is 0 Å². The highest BCUT2D eigenvalue weighted by Crippen LogP contribution is 2.10. The number of thioether (sulfide) groups is 1. The first-order chi connectivity index (χ1) is 5.27. The van der Waals surface area contributed by atoms with Crippen molar-refractivity contribution in [2.24, 2.45) is 5.92 Å². The molecule has 0 saturated heterocycles. The maximum atomic E-state index is 8.25. The summed E-state index contributed by atoms with van der Waals surface area (Å²) in [5, 5.41) is 8.25. The van der Waals surface area contributed by atoms with Crippen LogP contribution in [0.1, 0.15) is 33.1 Å². The SMILES string of the molecule is CC(C)CCSCCCC#N. The topological polar surface area (TPSA) is 23.8 Å². The Balaban J connectivity index is 2.86. The molecule has 0 heterocycles. The number of hydrogen-bond donors (Lipinski definition) is 0. The van der Waals surface area contributed by atoms with Gasteiger partial charge >= 0.3 is 0 Å². The average molecular weight is 171 g/mol. The van der Waals surface area contributed by atoms with Crippen LogP contribution in [0.25, 0.3) is 0 Å². The van der Waals surface area contributed by atoms with Crippen LogP contribution in [0.15, 0.2) is 0 Å². The molecule has 0 aliphatic rings. The minimum Gasteiger partial charge on any atom is -0.198 e. The molecule has 0 N–H and O–H groups in total. The molecule has 0 unspecified atom stereocenters. The van der Waals surface area contributed by atoms with Crippen LogP contribution in [0.2, 0.25) is 0 Å². The summed E-state index contributed by atoms with van der Waals surface area (Å²) < 4.78 is 0. The molecule has 0 saturated carbocycles. The van der Waals surface area contributed by atoms with Crippen LogP contribution in [0.5, 0.6) is 0 Å². The summed E-state index contributed by atoms with van der Waals surface area (Å²) in [7, 11) is 0. The van der Waals surface area contributed by atoms with Crippen LogP contribution >= 0.6 is 11.8 Å². The minimum atomic E-state index is 0.717. The van der Waals surface area contributed by atoms with Gasteiger partial charge in [0.1, 0.15) is 0 Å². The summed E-state index contributed by atoms with van der Waals surface area (Å²) in [6.45, 7) is 4.49. The quantitative estimate of drug-likeness (QED) is 0.573. The highest BCUT2D eigenvalue weighted by molar-refractivity contribution is 7.99. The fourth-order valence-electron chi connectivity index (χ4n) is 0.674. The van der Waals surface area contributed by atoms with Gasteiger partial charge in [-0.15, -0.1) is 0 Å². The van der Waals surface area contributed by atoms with E-state index in [0.29, 0.717) is 6.42 Å². The van der Waals surface area contributed by atoms with Gasteiger partial charge in [-0.05, 0) is 30.3 Å². The van der Waals surface area contributed by atoms with Crippen molar-refractivity contribution in [1.29, 1.82) is 5.26 Å². The van der Waals surface area contributed by atoms with Crippen molar-refractivity contribution in [1.82, 2.24) is 0 Å². The Morgan fingerprint density at radius 2 is 2.09 bits per heavy atom. The molecular formula is C9H17NS. The van der Waals surface area contributed by atoms with Gasteiger partial charge in [-0.25, -0.2) is 0 Å². The summed E-state index contributed by atoms with van der Waals surface area (Å²) >= 11 is 1.97. The lowest BCUT2D eigenvalue weighted by Crippen LogP contribution is -1.90. The Labute approximate surface area is 74.2 Å². The molecule has 1 nitrogen and oxygen atoms in total. The lowest BCUT2D eigenvalue weighted by Gasteiger charge is -2.02. The fraction of sp³-hybridized carbons (Fsp3) is 0.889. The summed E-state index contributed by atoms with van der Waals surface area (Å²) in [4.78, 5) is 0. The molecule has 0 aliphatic carbocycles. The standard InChI is InChI=1S/C9H17NS/c1-9(2)5-8-11-7-4-3-6-10/h9H,3-5,7-8H2,1-2H3. The molecule has 0 aromatic carbocycles. The van der Waals surface area contributed by atoms with Crippen molar-refractivity contribution in [3.63, 3.8) is 0 Å². The molecule has 0 aromatic rings. The monoisotopic (exact) mass is 171 g/mol. The number of unbranched alkanes of at least 4 members (excludes halogenated alkanes) is 1. The van der Waals surface area contributed by atoms with Gasteiger partial charge in [-0.2, -0.15) is 17.0 Å². The maximum Gasteiger partial charge on any atom is 0.0622 e. The van der Waals surface area contributed by atoms with Crippen LogP contribution in [0.3, 0.4) is 0 Å². The van der Waals surface area contributed by atoms with Crippen molar-refractivity contribution >= 4 is 11.8 Å². The van der Waals surface area contributed by atoms with E-state index in [-0.39, 0.29) is 0 Å². The third-order valence-electron chi connectivity index (χ3n) is 1.42. The Kier molecular flexibility index (Phi) is 7.83. The van der Waals surface area contributed by atoms with E-state index in [1.807, 2.05) is 11.8 Å². The number of rotatable bonds is 6. The molecule has 2 heteroatoms. The first kappa shape index (κ1) is 10.8. The Hall–Kier alpha value is -0.160. The van der Waals surface area contributed by atoms with Gasteiger partial charge in [0.2, 0.25) is 0 Å². The van der Waals surface area contributed by atoms with Crippen molar-refractivity contribution in [2.75, 3.05) is 11.5 Å². The molecule has 0 rings (SSSR count). The Morgan fingerprint density at radius 1 is 1.36 bits per heavy atom. The van der Waals surface area contributed by atoms with Gasteiger partial charge in [-0.1, -0.05) is 13.8 Å². The average Bonchev–Trinajstić information content (AvgIpc) is 1.96. The van der Waals surface area contributed by atoms with E-state index in [2.05, 4.69) is 19.9 Å². The molecule has 0 fully saturated rings. The van der Waals surface area contributed by atoms with E-state index in [9.17, 15) is 0 Å². The van der Waals surface area contributed by atoms with E-state index in [0.717, 1.165) is 18.1 Å². The van der Waals surface area contributed by atoms with E-state index in [1.165, 1.54) is 12.2 Å². The molecule has 0 radical (unpaired) electrons. The zero-order chi connectivity index (χ0) is 8.53. The van der Waals surface area contributed by atoms with Gasteiger partial charge in [0.15, 0.2) is 0 Å². The maximum absolute atomic E-state index is 8.25. The summed E-state index contributed by atoms with van der Waals surface area (Å²) in [5.74, 6) is 3.22. The van der Waals surface area contributed by atoms with E-state index < -0.39 is 0 Å². The van der Waals surface area contributed by atoms with Crippen LogP contribution in [-0.4, -0.2) is 11.5 Å². The van der Waals surface area contributed by atoms with E-state index in [4.69, 9.17) is 5.26 Å². The predicted octanol–water partition coefficient (Wildman–Crippen LogP) is 3.07. The Bertz CT molecular complexity index is 115. The predicted molar refractivity (Wildman–Crippen MR) is 51.6 cm³/mol. The largest absolute Gasteiger partial charge is 0.198 e.